The summed E-state index contributed by atoms with van der Waals surface area (Å²) in [4.78, 5) is 26.9. The van der Waals surface area contributed by atoms with Gasteiger partial charge in [-0.25, -0.2) is 0 Å². The summed E-state index contributed by atoms with van der Waals surface area (Å²) in [5.74, 6) is 0.303. The van der Waals surface area contributed by atoms with Crippen molar-refractivity contribution >= 4 is 46.6 Å². The summed E-state index contributed by atoms with van der Waals surface area (Å²) in [7, 11) is 0. The molecule has 1 unspecified atom stereocenters. The van der Waals surface area contributed by atoms with E-state index in [0.29, 0.717) is 22.0 Å². The van der Waals surface area contributed by atoms with Crippen molar-refractivity contribution in [1.82, 2.24) is 0 Å². The Bertz CT molecular complexity index is 1080. The topological polar surface area (TPSA) is 49.4 Å². The lowest BCUT2D eigenvalue weighted by atomic mass is 10.1. The molecule has 0 aromatic heterocycles. The SMILES string of the molecule is CCc1cccc(N2C(=O)CSC2c2ccc(NC(=O)c3ccccc3Cl)cc2)c1. The van der Waals surface area contributed by atoms with Crippen LogP contribution in [0.2, 0.25) is 5.02 Å². The summed E-state index contributed by atoms with van der Waals surface area (Å²) in [6.07, 6.45) is 0.924. The lowest BCUT2D eigenvalue weighted by molar-refractivity contribution is -0.115. The van der Waals surface area contributed by atoms with Crippen LogP contribution in [-0.2, 0) is 11.2 Å². The fraction of sp³-hybridized carbons (Fsp3) is 0.167. The zero-order chi connectivity index (χ0) is 21.1. The number of aryl methyl sites for hydroxylation is 1. The molecule has 1 aliphatic heterocycles. The van der Waals surface area contributed by atoms with Crippen molar-refractivity contribution in [3.8, 4) is 0 Å². The zero-order valence-corrected chi connectivity index (χ0v) is 18.0. The molecule has 1 aliphatic rings. The summed E-state index contributed by atoms with van der Waals surface area (Å²) in [6.45, 7) is 2.10. The number of nitrogens with zero attached hydrogens (tertiary/aromatic N) is 1. The van der Waals surface area contributed by atoms with Gasteiger partial charge in [-0.1, -0.05) is 54.9 Å². The maximum Gasteiger partial charge on any atom is 0.257 e. The number of thioether (sulfide) groups is 1. The van der Waals surface area contributed by atoms with Gasteiger partial charge in [0.25, 0.3) is 5.91 Å². The molecule has 1 atom stereocenters. The molecule has 3 aromatic rings. The Morgan fingerprint density at radius 2 is 1.87 bits per heavy atom. The average Bonchev–Trinajstić information content (AvgIpc) is 3.16. The number of hydrogen-bond donors (Lipinski definition) is 1. The third-order valence-electron chi connectivity index (χ3n) is 5.04. The lowest BCUT2D eigenvalue weighted by Crippen LogP contribution is -2.27. The minimum absolute atomic E-state index is 0.0853. The number of nitrogens with one attached hydrogen (secondary N) is 1. The first-order valence-electron chi connectivity index (χ1n) is 9.75. The maximum atomic E-state index is 12.6. The maximum absolute atomic E-state index is 12.6. The highest BCUT2D eigenvalue weighted by molar-refractivity contribution is 8.00. The molecule has 0 saturated carbocycles. The highest BCUT2D eigenvalue weighted by atomic mass is 35.5. The van der Waals surface area contributed by atoms with E-state index in [2.05, 4.69) is 24.4 Å². The van der Waals surface area contributed by atoms with Crippen LogP contribution in [-0.4, -0.2) is 17.6 Å². The van der Waals surface area contributed by atoms with Crippen LogP contribution in [0.25, 0.3) is 0 Å². The number of carbonyl (C=O) groups excluding carboxylic acids is 2. The molecule has 30 heavy (non-hydrogen) atoms. The Hall–Kier alpha value is -2.76. The minimum atomic E-state index is -0.253. The Kier molecular flexibility index (Phi) is 6.11. The van der Waals surface area contributed by atoms with E-state index in [-0.39, 0.29) is 17.2 Å². The molecular weight excluding hydrogens is 416 g/mol. The Labute approximate surface area is 185 Å². The quantitative estimate of drug-likeness (QED) is 0.539. The largest absolute Gasteiger partial charge is 0.322 e. The molecule has 1 saturated heterocycles. The Morgan fingerprint density at radius 3 is 2.60 bits per heavy atom. The molecule has 0 radical (unpaired) electrons. The van der Waals surface area contributed by atoms with Gasteiger partial charge in [0.15, 0.2) is 0 Å². The smallest absolute Gasteiger partial charge is 0.257 e. The molecule has 6 heteroatoms. The van der Waals surface area contributed by atoms with Gasteiger partial charge in [0.05, 0.1) is 16.3 Å². The van der Waals surface area contributed by atoms with Crippen molar-refractivity contribution in [1.29, 1.82) is 0 Å². The highest BCUT2D eigenvalue weighted by Gasteiger charge is 2.34. The molecule has 0 spiro atoms. The zero-order valence-electron chi connectivity index (χ0n) is 16.5. The van der Waals surface area contributed by atoms with E-state index in [0.717, 1.165) is 17.7 Å². The third-order valence-corrected chi connectivity index (χ3v) is 6.58. The van der Waals surface area contributed by atoms with Crippen LogP contribution in [0.3, 0.4) is 0 Å². The van der Waals surface area contributed by atoms with Crippen molar-refractivity contribution in [3.05, 3.63) is 94.5 Å². The van der Waals surface area contributed by atoms with Gasteiger partial charge in [-0.2, -0.15) is 0 Å². The van der Waals surface area contributed by atoms with E-state index < -0.39 is 0 Å². The number of amides is 2. The molecule has 1 fully saturated rings. The molecule has 2 amide bonds. The van der Waals surface area contributed by atoms with Gasteiger partial charge in [-0.05, 0) is 53.9 Å². The summed E-state index contributed by atoms with van der Waals surface area (Å²) >= 11 is 7.72. The van der Waals surface area contributed by atoms with E-state index in [1.807, 2.05) is 41.3 Å². The van der Waals surface area contributed by atoms with E-state index in [4.69, 9.17) is 11.6 Å². The van der Waals surface area contributed by atoms with Gasteiger partial charge < -0.3 is 5.32 Å². The van der Waals surface area contributed by atoms with E-state index in [9.17, 15) is 9.59 Å². The van der Waals surface area contributed by atoms with E-state index in [1.54, 1.807) is 36.0 Å². The lowest BCUT2D eigenvalue weighted by Gasteiger charge is -2.25. The summed E-state index contributed by atoms with van der Waals surface area (Å²) in [5.41, 5.74) is 4.25. The van der Waals surface area contributed by atoms with Crippen molar-refractivity contribution in [2.24, 2.45) is 0 Å². The number of halogens is 1. The number of carbonyl (C=O) groups is 2. The van der Waals surface area contributed by atoms with Crippen LogP contribution >= 0.6 is 23.4 Å². The van der Waals surface area contributed by atoms with Gasteiger partial charge in [0.1, 0.15) is 5.37 Å². The van der Waals surface area contributed by atoms with Crippen molar-refractivity contribution in [2.75, 3.05) is 16.0 Å². The van der Waals surface area contributed by atoms with Crippen molar-refractivity contribution < 1.29 is 9.59 Å². The van der Waals surface area contributed by atoms with E-state index >= 15 is 0 Å². The van der Waals surface area contributed by atoms with Crippen LogP contribution in [0.4, 0.5) is 11.4 Å². The Balaban J connectivity index is 1.53. The first kappa shape index (κ1) is 20.5. The first-order chi connectivity index (χ1) is 14.6. The fourth-order valence-electron chi connectivity index (χ4n) is 3.45. The van der Waals surface area contributed by atoms with Crippen LogP contribution in [0.5, 0.6) is 0 Å². The second kappa shape index (κ2) is 8.94. The molecule has 4 nitrogen and oxygen atoms in total. The molecule has 3 aromatic carbocycles. The average molecular weight is 437 g/mol. The predicted octanol–water partition coefficient (Wildman–Crippen LogP) is 5.93. The molecule has 4 rings (SSSR count). The second-order valence-electron chi connectivity index (χ2n) is 7.01. The molecule has 1 N–H and O–H groups in total. The summed E-state index contributed by atoms with van der Waals surface area (Å²) in [6, 6.07) is 22.7. The molecule has 152 valence electrons. The highest BCUT2D eigenvalue weighted by Crippen LogP contribution is 2.42. The predicted molar refractivity (Wildman–Crippen MR) is 124 cm³/mol. The standard InChI is InChI=1S/C24H21ClN2O2S/c1-2-16-6-5-7-19(14-16)27-22(28)15-30-24(27)17-10-12-18(13-11-17)26-23(29)20-8-3-4-9-21(20)25/h3-14,24H,2,15H2,1H3,(H,26,29). The van der Waals surface area contributed by atoms with Crippen LogP contribution in [0.15, 0.2) is 72.8 Å². The van der Waals surface area contributed by atoms with Crippen molar-refractivity contribution in [2.45, 2.75) is 18.7 Å². The number of benzene rings is 3. The van der Waals surface area contributed by atoms with Crippen LogP contribution < -0.4 is 10.2 Å². The normalized spacial score (nSPS) is 16.0. The fourth-order valence-corrected chi connectivity index (χ4v) is 4.85. The number of hydrogen-bond acceptors (Lipinski definition) is 3. The summed E-state index contributed by atoms with van der Waals surface area (Å²) in [5, 5.41) is 3.20. The van der Waals surface area contributed by atoms with Crippen LogP contribution in [0, 0.1) is 0 Å². The van der Waals surface area contributed by atoms with Gasteiger partial charge in [-0.3, -0.25) is 14.5 Å². The van der Waals surface area contributed by atoms with E-state index in [1.165, 1.54) is 5.56 Å². The third kappa shape index (κ3) is 4.23. The number of anilines is 2. The minimum Gasteiger partial charge on any atom is -0.322 e. The van der Waals surface area contributed by atoms with Gasteiger partial charge in [0, 0.05) is 11.4 Å². The molecule has 0 bridgehead atoms. The number of rotatable bonds is 5. The van der Waals surface area contributed by atoms with Crippen LogP contribution in [0.1, 0.15) is 33.8 Å². The molecule has 0 aliphatic carbocycles. The molecule has 1 heterocycles. The second-order valence-corrected chi connectivity index (χ2v) is 8.48. The Morgan fingerprint density at radius 1 is 1.10 bits per heavy atom. The van der Waals surface area contributed by atoms with Gasteiger partial charge >= 0.3 is 0 Å². The van der Waals surface area contributed by atoms with Gasteiger partial charge in [-0.15, -0.1) is 11.8 Å². The molecular formula is C24H21ClN2O2S. The monoisotopic (exact) mass is 436 g/mol. The van der Waals surface area contributed by atoms with Gasteiger partial charge in [0.2, 0.25) is 5.91 Å². The van der Waals surface area contributed by atoms with Crippen molar-refractivity contribution in [3.63, 3.8) is 0 Å². The first-order valence-corrected chi connectivity index (χ1v) is 11.2. The summed E-state index contributed by atoms with van der Waals surface area (Å²) < 4.78 is 0.